The standard InChI is InChI=1S/C28H51N7O9/c1-15(2)13-20(34-24(39)17(30)8-10-22(31)36)27(42)32-18(7-5-6-12-29)25(40)33-19(9-11-23(37)38)26(41)35-21(28(43)44)14-16(3)4/h15-21H,5-14,29-30H2,1-4H3,(H2,31,36)(H,32,42)(H,33,40)(H,34,39)(H,35,41)(H,37,38)(H,43,44)/t17-,18-,19-,20-,21-/m0/s1. The summed E-state index contributed by atoms with van der Waals surface area (Å²) < 4.78 is 0. The predicted octanol–water partition coefficient (Wildman–Crippen LogP) is -1.31. The molecule has 5 atom stereocenters. The van der Waals surface area contributed by atoms with Crippen molar-refractivity contribution in [3.8, 4) is 0 Å². The van der Waals surface area contributed by atoms with Gasteiger partial charge in [-0.25, -0.2) is 4.79 Å². The fourth-order valence-corrected chi connectivity index (χ4v) is 4.22. The lowest BCUT2D eigenvalue weighted by Crippen LogP contribution is -2.58. The Morgan fingerprint density at radius 3 is 1.52 bits per heavy atom. The van der Waals surface area contributed by atoms with Crippen molar-refractivity contribution in [1.82, 2.24) is 21.3 Å². The number of carbonyl (C=O) groups excluding carboxylic acids is 5. The number of nitrogens with two attached hydrogens (primary N) is 3. The summed E-state index contributed by atoms with van der Waals surface area (Å²) in [7, 11) is 0. The fraction of sp³-hybridized carbons (Fsp3) is 0.750. The largest absolute Gasteiger partial charge is 0.481 e. The summed E-state index contributed by atoms with van der Waals surface area (Å²) in [5, 5.41) is 28.7. The van der Waals surface area contributed by atoms with Crippen molar-refractivity contribution in [2.45, 2.75) is 116 Å². The second-order valence-electron chi connectivity index (χ2n) is 11.7. The van der Waals surface area contributed by atoms with Gasteiger partial charge in [-0.05, 0) is 63.3 Å². The van der Waals surface area contributed by atoms with E-state index in [4.69, 9.17) is 22.3 Å². The molecule has 0 heterocycles. The second kappa shape index (κ2) is 21.0. The van der Waals surface area contributed by atoms with Crippen molar-refractivity contribution in [3.63, 3.8) is 0 Å². The maximum atomic E-state index is 13.4. The number of rotatable bonds is 23. The van der Waals surface area contributed by atoms with Gasteiger partial charge in [0.2, 0.25) is 29.5 Å². The summed E-state index contributed by atoms with van der Waals surface area (Å²) in [6.45, 7) is 7.49. The number of nitrogens with one attached hydrogen (secondary N) is 4. The van der Waals surface area contributed by atoms with Crippen LogP contribution >= 0.6 is 0 Å². The molecule has 0 aliphatic heterocycles. The number of primary amides is 1. The summed E-state index contributed by atoms with van der Waals surface area (Å²) >= 11 is 0. The van der Waals surface area contributed by atoms with Gasteiger partial charge in [-0.1, -0.05) is 27.7 Å². The minimum atomic E-state index is -1.41. The molecular weight excluding hydrogens is 578 g/mol. The number of hydrogen-bond acceptors (Lipinski definition) is 9. The van der Waals surface area contributed by atoms with Crippen molar-refractivity contribution in [3.05, 3.63) is 0 Å². The first-order valence-corrected chi connectivity index (χ1v) is 14.9. The molecule has 0 saturated carbocycles. The Kier molecular flexibility index (Phi) is 19.2. The van der Waals surface area contributed by atoms with Gasteiger partial charge in [0.05, 0.1) is 6.04 Å². The number of aliphatic carboxylic acids is 2. The highest BCUT2D eigenvalue weighted by Crippen LogP contribution is 2.10. The molecule has 0 radical (unpaired) electrons. The van der Waals surface area contributed by atoms with E-state index in [0.717, 1.165) is 0 Å². The van der Waals surface area contributed by atoms with Gasteiger partial charge in [-0.2, -0.15) is 0 Å². The molecule has 0 bridgehead atoms. The van der Waals surface area contributed by atoms with Crippen LogP contribution in [0.3, 0.4) is 0 Å². The third kappa shape index (κ3) is 17.4. The van der Waals surface area contributed by atoms with Crippen molar-refractivity contribution in [1.29, 1.82) is 0 Å². The Bertz CT molecular complexity index is 991. The molecule has 0 spiro atoms. The Morgan fingerprint density at radius 2 is 1.07 bits per heavy atom. The highest BCUT2D eigenvalue weighted by molar-refractivity contribution is 5.95. The maximum Gasteiger partial charge on any atom is 0.326 e. The zero-order valence-electron chi connectivity index (χ0n) is 26.1. The van der Waals surface area contributed by atoms with Crippen molar-refractivity contribution in [2.24, 2.45) is 29.0 Å². The quantitative estimate of drug-likeness (QED) is 0.0598. The van der Waals surface area contributed by atoms with Crippen LogP contribution in [0.15, 0.2) is 0 Å². The van der Waals surface area contributed by atoms with E-state index in [1.54, 1.807) is 13.8 Å². The molecule has 0 aliphatic carbocycles. The number of carbonyl (C=O) groups is 7. The van der Waals surface area contributed by atoms with Gasteiger partial charge < -0.3 is 48.7 Å². The summed E-state index contributed by atoms with van der Waals surface area (Å²) in [4.78, 5) is 86.4. The molecule has 16 nitrogen and oxygen atoms in total. The first-order valence-electron chi connectivity index (χ1n) is 14.9. The summed E-state index contributed by atoms with van der Waals surface area (Å²) in [5.41, 5.74) is 16.5. The summed E-state index contributed by atoms with van der Waals surface area (Å²) in [6.07, 6.45) is 0.340. The molecule has 0 saturated heterocycles. The zero-order valence-corrected chi connectivity index (χ0v) is 26.1. The van der Waals surface area contributed by atoms with Crippen molar-refractivity contribution >= 4 is 41.5 Å². The molecule has 44 heavy (non-hydrogen) atoms. The maximum absolute atomic E-state index is 13.4. The highest BCUT2D eigenvalue weighted by atomic mass is 16.4. The number of carboxylic acid groups (broad SMARTS) is 2. The molecule has 12 N–H and O–H groups in total. The summed E-state index contributed by atoms with van der Waals surface area (Å²) in [6, 6.07) is -6.06. The first-order chi connectivity index (χ1) is 20.5. The first kappa shape index (κ1) is 40.2. The molecule has 0 rings (SSSR count). The van der Waals surface area contributed by atoms with Crippen LogP contribution in [0.25, 0.3) is 0 Å². The fourth-order valence-electron chi connectivity index (χ4n) is 4.22. The van der Waals surface area contributed by atoms with E-state index < -0.39 is 78.1 Å². The van der Waals surface area contributed by atoms with Crippen LogP contribution in [-0.4, -0.2) is 88.4 Å². The molecule has 0 aliphatic rings. The van der Waals surface area contributed by atoms with E-state index in [0.29, 0.717) is 19.4 Å². The Hall–Kier alpha value is -3.79. The molecule has 0 unspecified atom stereocenters. The highest BCUT2D eigenvalue weighted by Gasteiger charge is 2.32. The van der Waals surface area contributed by atoms with Gasteiger partial charge in [-0.3, -0.25) is 28.8 Å². The van der Waals surface area contributed by atoms with Crippen molar-refractivity contribution in [2.75, 3.05) is 6.54 Å². The Labute approximate surface area is 258 Å². The Balaban J connectivity index is 5.95. The second-order valence-corrected chi connectivity index (χ2v) is 11.7. The van der Waals surface area contributed by atoms with Crippen LogP contribution in [0.1, 0.15) is 85.5 Å². The monoisotopic (exact) mass is 629 g/mol. The average molecular weight is 630 g/mol. The van der Waals surface area contributed by atoms with Crippen LogP contribution in [0.2, 0.25) is 0 Å². The molecule has 0 aromatic rings. The van der Waals surface area contributed by atoms with Gasteiger partial charge in [0, 0.05) is 12.8 Å². The lowest BCUT2D eigenvalue weighted by Gasteiger charge is -2.27. The van der Waals surface area contributed by atoms with Crippen LogP contribution in [-0.2, 0) is 33.6 Å². The number of carboxylic acids is 2. The smallest absolute Gasteiger partial charge is 0.326 e. The molecule has 252 valence electrons. The van der Waals surface area contributed by atoms with E-state index in [-0.39, 0.29) is 50.4 Å². The molecule has 5 amide bonds. The Morgan fingerprint density at radius 1 is 0.614 bits per heavy atom. The molecule has 0 aromatic carbocycles. The van der Waals surface area contributed by atoms with Gasteiger partial charge >= 0.3 is 11.9 Å². The summed E-state index contributed by atoms with van der Waals surface area (Å²) in [5.74, 6) is -6.36. The molecular formula is C28H51N7O9. The van der Waals surface area contributed by atoms with E-state index in [1.807, 2.05) is 13.8 Å². The van der Waals surface area contributed by atoms with Gasteiger partial charge in [0.25, 0.3) is 0 Å². The zero-order chi connectivity index (χ0) is 34.0. The van der Waals surface area contributed by atoms with E-state index in [1.165, 1.54) is 0 Å². The van der Waals surface area contributed by atoms with Crippen molar-refractivity contribution < 1.29 is 43.8 Å². The average Bonchev–Trinajstić information content (AvgIpc) is 2.91. The minimum absolute atomic E-state index is 0.0268. The number of amides is 5. The predicted molar refractivity (Wildman–Crippen MR) is 160 cm³/mol. The third-order valence-corrected chi connectivity index (χ3v) is 6.56. The van der Waals surface area contributed by atoms with Crippen LogP contribution in [0, 0.1) is 11.8 Å². The van der Waals surface area contributed by atoms with Gasteiger partial charge in [0.15, 0.2) is 0 Å². The van der Waals surface area contributed by atoms with Crippen LogP contribution in [0.4, 0.5) is 0 Å². The number of unbranched alkanes of at least 4 members (excludes halogenated alkanes) is 1. The van der Waals surface area contributed by atoms with E-state index >= 15 is 0 Å². The third-order valence-electron chi connectivity index (χ3n) is 6.56. The van der Waals surface area contributed by atoms with E-state index in [2.05, 4.69) is 21.3 Å². The van der Waals surface area contributed by atoms with Gasteiger partial charge in [0.1, 0.15) is 24.2 Å². The van der Waals surface area contributed by atoms with E-state index in [9.17, 15) is 38.7 Å². The normalized spacial score (nSPS) is 14.5. The topological polar surface area (TPSA) is 286 Å². The lowest BCUT2D eigenvalue weighted by molar-refractivity contribution is -0.143. The molecule has 0 aromatic heterocycles. The lowest BCUT2D eigenvalue weighted by atomic mass is 10.0. The minimum Gasteiger partial charge on any atom is -0.481 e. The molecule has 16 heteroatoms. The van der Waals surface area contributed by atoms with Gasteiger partial charge in [-0.15, -0.1) is 0 Å². The SMILES string of the molecule is CC(C)C[C@H](NC(=O)[C@H](CCC(=O)O)NC(=O)[C@H](CCCCN)NC(=O)[C@H](CC(C)C)NC(=O)[C@@H](N)CCC(N)=O)C(=O)O. The van der Waals surface area contributed by atoms with Crippen LogP contribution in [0.5, 0.6) is 0 Å². The van der Waals surface area contributed by atoms with Crippen LogP contribution < -0.4 is 38.5 Å². The molecule has 0 fully saturated rings. The number of hydrogen-bond donors (Lipinski definition) is 9.